The lowest BCUT2D eigenvalue weighted by Crippen LogP contribution is -2.14. The van der Waals surface area contributed by atoms with Crippen molar-refractivity contribution >= 4 is 22.7 Å². The number of oxazole rings is 1. The van der Waals surface area contributed by atoms with Crippen LogP contribution in [0.5, 0.6) is 5.75 Å². The number of fused-ring (bicyclic) bond motifs is 1. The predicted molar refractivity (Wildman–Crippen MR) is 79.2 cm³/mol. The molecule has 106 valence electrons. The van der Waals surface area contributed by atoms with E-state index in [0.717, 1.165) is 11.1 Å². The number of amides is 1. The van der Waals surface area contributed by atoms with Gasteiger partial charge in [-0.15, -0.1) is 0 Å². The molecule has 0 atom stereocenters. The molecule has 0 radical (unpaired) electrons. The van der Waals surface area contributed by atoms with Gasteiger partial charge in [0, 0.05) is 12.6 Å². The molecule has 0 bridgehead atoms. The first-order valence-corrected chi connectivity index (χ1v) is 6.55. The third-order valence-corrected chi connectivity index (χ3v) is 3.08. The van der Waals surface area contributed by atoms with Gasteiger partial charge in [-0.1, -0.05) is 12.1 Å². The number of benzene rings is 2. The first-order chi connectivity index (χ1) is 10.1. The Hall–Kier alpha value is -2.82. The van der Waals surface area contributed by atoms with E-state index in [1.165, 1.54) is 0 Å². The Kier molecular flexibility index (Phi) is 3.31. The van der Waals surface area contributed by atoms with Crippen molar-refractivity contribution in [2.24, 2.45) is 0 Å². The summed E-state index contributed by atoms with van der Waals surface area (Å²) in [6.45, 7) is 1.78. The lowest BCUT2D eigenvalue weighted by molar-refractivity contribution is -0.115. The number of phenolic OH excluding ortho intramolecular Hbond substituents is 1. The normalized spacial score (nSPS) is 10.7. The highest BCUT2D eigenvalue weighted by Gasteiger charge is 2.07. The van der Waals surface area contributed by atoms with Crippen LogP contribution in [0, 0.1) is 6.92 Å². The number of aryl methyl sites for hydroxylation is 1. The molecule has 0 saturated heterocycles. The zero-order valence-corrected chi connectivity index (χ0v) is 11.5. The monoisotopic (exact) mass is 282 g/mol. The van der Waals surface area contributed by atoms with E-state index in [0.29, 0.717) is 17.2 Å². The van der Waals surface area contributed by atoms with E-state index in [1.807, 2.05) is 0 Å². The highest BCUT2D eigenvalue weighted by Crippen LogP contribution is 2.20. The summed E-state index contributed by atoms with van der Waals surface area (Å²) in [5.41, 5.74) is 2.93. The maximum atomic E-state index is 12.0. The van der Waals surface area contributed by atoms with Gasteiger partial charge in [0.2, 0.25) is 5.91 Å². The van der Waals surface area contributed by atoms with Crippen LogP contribution in [0.1, 0.15) is 11.5 Å². The fourth-order valence-electron chi connectivity index (χ4n) is 2.12. The van der Waals surface area contributed by atoms with Crippen molar-refractivity contribution in [1.29, 1.82) is 0 Å². The van der Waals surface area contributed by atoms with E-state index in [-0.39, 0.29) is 18.1 Å². The van der Waals surface area contributed by atoms with Gasteiger partial charge in [-0.3, -0.25) is 4.79 Å². The molecular formula is C16H14N2O3. The van der Waals surface area contributed by atoms with E-state index >= 15 is 0 Å². The zero-order valence-electron chi connectivity index (χ0n) is 11.5. The fraction of sp³-hybridized carbons (Fsp3) is 0.125. The second kappa shape index (κ2) is 5.28. The van der Waals surface area contributed by atoms with Crippen LogP contribution in [0.3, 0.4) is 0 Å². The summed E-state index contributed by atoms with van der Waals surface area (Å²) in [4.78, 5) is 16.2. The molecule has 0 fully saturated rings. The third-order valence-electron chi connectivity index (χ3n) is 3.08. The van der Waals surface area contributed by atoms with E-state index < -0.39 is 0 Å². The maximum Gasteiger partial charge on any atom is 0.228 e. The molecule has 0 saturated carbocycles. The summed E-state index contributed by atoms with van der Waals surface area (Å²) < 4.78 is 5.39. The van der Waals surface area contributed by atoms with E-state index in [1.54, 1.807) is 49.4 Å². The standard InChI is InChI=1S/C16H14N2O3/c1-10-17-14-9-12(4-7-15(14)21-10)18-16(20)8-11-2-5-13(19)6-3-11/h2-7,9,19H,8H2,1H3,(H,18,20). The smallest absolute Gasteiger partial charge is 0.228 e. The highest BCUT2D eigenvalue weighted by molar-refractivity contribution is 5.94. The number of anilines is 1. The number of aromatic hydroxyl groups is 1. The summed E-state index contributed by atoms with van der Waals surface area (Å²) >= 11 is 0. The minimum absolute atomic E-state index is 0.125. The van der Waals surface area contributed by atoms with Crippen molar-refractivity contribution in [2.75, 3.05) is 5.32 Å². The molecule has 2 N–H and O–H groups in total. The Bertz CT molecular complexity index is 791. The molecule has 1 amide bonds. The number of carbonyl (C=O) groups excluding carboxylic acids is 1. The maximum absolute atomic E-state index is 12.0. The molecule has 3 rings (SSSR count). The van der Waals surface area contributed by atoms with Crippen molar-refractivity contribution in [2.45, 2.75) is 13.3 Å². The first-order valence-electron chi connectivity index (χ1n) is 6.55. The second-order valence-electron chi connectivity index (χ2n) is 4.81. The average molecular weight is 282 g/mol. The molecule has 3 aromatic rings. The zero-order chi connectivity index (χ0) is 14.8. The minimum Gasteiger partial charge on any atom is -0.508 e. The number of hydrogen-bond donors (Lipinski definition) is 2. The van der Waals surface area contributed by atoms with Crippen LogP contribution in [-0.2, 0) is 11.2 Å². The van der Waals surface area contributed by atoms with Gasteiger partial charge in [0.1, 0.15) is 11.3 Å². The molecule has 1 heterocycles. The Morgan fingerprint density at radius 3 is 2.76 bits per heavy atom. The van der Waals surface area contributed by atoms with Gasteiger partial charge in [-0.05, 0) is 35.9 Å². The number of phenols is 1. The van der Waals surface area contributed by atoms with Crippen LogP contribution in [0.4, 0.5) is 5.69 Å². The summed E-state index contributed by atoms with van der Waals surface area (Å²) in [5.74, 6) is 0.656. The molecule has 0 aliphatic heterocycles. The molecule has 0 aliphatic carbocycles. The lowest BCUT2D eigenvalue weighted by Gasteiger charge is -2.05. The van der Waals surface area contributed by atoms with Gasteiger partial charge in [0.05, 0.1) is 6.42 Å². The average Bonchev–Trinajstić information content (AvgIpc) is 2.80. The van der Waals surface area contributed by atoms with Crippen LogP contribution < -0.4 is 5.32 Å². The van der Waals surface area contributed by atoms with E-state index in [9.17, 15) is 9.90 Å². The Balaban J connectivity index is 1.71. The number of hydrogen-bond acceptors (Lipinski definition) is 4. The van der Waals surface area contributed by atoms with E-state index in [2.05, 4.69) is 10.3 Å². The van der Waals surface area contributed by atoms with Gasteiger partial charge < -0.3 is 14.8 Å². The highest BCUT2D eigenvalue weighted by atomic mass is 16.3. The largest absolute Gasteiger partial charge is 0.508 e. The predicted octanol–water partition coefficient (Wildman–Crippen LogP) is 3.02. The lowest BCUT2D eigenvalue weighted by atomic mass is 10.1. The number of aromatic nitrogens is 1. The summed E-state index contributed by atoms with van der Waals surface area (Å²) in [6.07, 6.45) is 0.246. The summed E-state index contributed by atoms with van der Waals surface area (Å²) in [6, 6.07) is 11.9. The molecule has 5 heteroatoms. The molecule has 2 aromatic carbocycles. The first kappa shape index (κ1) is 13.2. The van der Waals surface area contributed by atoms with Gasteiger partial charge >= 0.3 is 0 Å². The third kappa shape index (κ3) is 3.02. The van der Waals surface area contributed by atoms with Gasteiger partial charge in [-0.2, -0.15) is 0 Å². The quantitative estimate of drug-likeness (QED) is 0.774. The minimum atomic E-state index is -0.125. The van der Waals surface area contributed by atoms with Crippen LogP contribution in [-0.4, -0.2) is 16.0 Å². The van der Waals surface area contributed by atoms with Crippen molar-refractivity contribution in [3.63, 3.8) is 0 Å². The topological polar surface area (TPSA) is 75.4 Å². The van der Waals surface area contributed by atoms with Gasteiger partial charge in [0.15, 0.2) is 11.5 Å². The molecular weight excluding hydrogens is 268 g/mol. The van der Waals surface area contributed by atoms with Crippen LogP contribution >= 0.6 is 0 Å². The number of nitrogens with zero attached hydrogens (tertiary/aromatic N) is 1. The number of carbonyl (C=O) groups is 1. The number of nitrogens with one attached hydrogen (secondary N) is 1. The van der Waals surface area contributed by atoms with Crippen LogP contribution in [0.15, 0.2) is 46.9 Å². The Morgan fingerprint density at radius 2 is 2.00 bits per heavy atom. The van der Waals surface area contributed by atoms with Crippen molar-refractivity contribution in [3.05, 3.63) is 53.9 Å². The van der Waals surface area contributed by atoms with Gasteiger partial charge in [0.25, 0.3) is 0 Å². The van der Waals surface area contributed by atoms with Crippen molar-refractivity contribution in [1.82, 2.24) is 4.98 Å². The molecule has 21 heavy (non-hydrogen) atoms. The fourth-order valence-corrected chi connectivity index (χ4v) is 2.12. The summed E-state index contributed by atoms with van der Waals surface area (Å²) in [5, 5.41) is 12.0. The summed E-state index contributed by atoms with van der Waals surface area (Å²) in [7, 11) is 0. The van der Waals surface area contributed by atoms with Crippen LogP contribution in [0.2, 0.25) is 0 Å². The van der Waals surface area contributed by atoms with Gasteiger partial charge in [-0.25, -0.2) is 4.98 Å². The molecule has 5 nitrogen and oxygen atoms in total. The molecule has 0 aliphatic rings. The Morgan fingerprint density at radius 1 is 1.24 bits per heavy atom. The molecule has 0 spiro atoms. The SMILES string of the molecule is Cc1nc2cc(NC(=O)Cc3ccc(O)cc3)ccc2o1. The van der Waals surface area contributed by atoms with E-state index in [4.69, 9.17) is 4.42 Å². The van der Waals surface area contributed by atoms with Crippen molar-refractivity contribution < 1.29 is 14.3 Å². The van der Waals surface area contributed by atoms with Crippen LogP contribution in [0.25, 0.3) is 11.1 Å². The van der Waals surface area contributed by atoms with Crippen molar-refractivity contribution in [3.8, 4) is 5.75 Å². The molecule has 0 unspecified atom stereocenters. The Labute approximate surface area is 121 Å². The molecule has 1 aromatic heterocycles. The number of rotatable bonds is 3. The second-order valence-corrected chi connectivity index (χ2v) is 4.81.